The Morgan fingerprint density at radius 2 is 1.89 bits per heavy atom. The smallest absolute Gasteiger partial charge is 0.262 e. The number of hydrogen-bond donors (Lipinski definition) is 3. The van der Waals surface area contributed by atoms with Crippen LogP contribution in [0.3, 0.4) is 0 Å². The van der Waals surface area contributed by atoms with Crippen LogP contribution in [0.4, 0.5) is 0 Å². The van der Waals surface area contributed by atoms with Crippen LogP contribution in [-0.4, -0.2) is 47.2 Å². The molecule has 1 saturated heterocycles. The second kappa shape index (κ2) is 7.58. The van der Waals surface area contributed by atoms with Crippen molar-refractivity contribution in [1.29, 1.82) is 0 Å². The molecule has 2 unspecified atom stereocenters. The van der Waals surface area contributed by atoms with Crippen molar-refractivity contribution in [2.45, 2.75) is 45.3 Å². The minimum absolute atomic E-state index is 0.0330. The number of nitrogens with one attached hydrogen (secondary N) is 2. The van der Waals surface area contributed by atoms with Gasteiger partial charge in [0.25, 0.3) is 11.8 Å². The summed E-state index contributed by atoms with van der Waals surface area (Å²) < 4.78 is 0. The van der Waals surface area contributed by atoms with E-state index in [1.165, 1.54) is 0 Å². The summed E-state index contributed by atoms with van der Waals surface area (Å²) in [5.74, 6) is -1.62. The fraction of sp³-hybridized carbons (Fsp3) is 0.474. The third-order valence-corrected chi connectivity index (χ3v) is 5.07. The molecule has 2 aliphatic rings. The van der Waals surface area contributed by atoms with Crippen molar-refractivity contribution in [3.63, 3.8) is 0 Å². The lowest BCUT2D eigenvalue weighted by Crippen LogP contribution is -2.54. The fourth-order valence-electron chi connectivity index (χ4n) is 3.25. The number of amides is 4. The molecule has 0 aliphatic carbocycles. The molecule has 2 heterocycles. The van der Waals surface area contributed by atoms with Crippen LogP contribution >= 0.6 is 0 Å². The number of piperidine rings is 1. The number of nitrogens with zero attached hydrogens (tertiary/aromatic N) is 1. The molecule has 0 aromatic heterocycles. The molecule has 1 aromatic rings. The zero-order valence-electron chi connectivity index (χ0n) is 15.5. The Bertz CT molecular complexity index is 805. The van der Waals surface area contributed by atoms with Gasteiger partial charge in [-0.2, -0.15) is 0 Å². The highest BCUT2D eigenvalue weighted by atomic mass is 16.2. The van der Waals surface area contributed by atoms with Crippen LogP contribution in [0.2, 0.25) is 0 Å². The first-order chi connectivity index (χ1) is 12.8. The van der Waals surface area contributed by atoms with Crippen LogP contribution in [0.5, 0.6) is 0 Å². The molecule has 8 nitrogen and oxygen atoms in total. The average molecular weight is 372 g/mol. The Hall–Kier alpha value is -2.58. The van der Waals surface area contributed by atoms with Gasteiger partial charge in [0, 0.05) is 25.6 Å². The van der Waals surface area contributed by atoms with Crippen LogP contribution in [0.15, 0.2) is 18.2 Å². The average Bonchev–Trinajstić information content (AvgIpc) is 2.86. The van der Waals surface area contributed by atoms with E-state index in [1.807, 2.05) is 0 Å². The second-order valence-electron chi connectivity index (χ2n) is 7.37. The highest BCUT2D eigenvalue weighted by Crippen LogP contribution is 2.28. The van der Waals surface area contributed by atoms with Gasteiger partial charge >= 0.3 is 0 Å². The zero-order chi connectivity index (χ0) is 19.7. The SMILES string of the molecule is CC(C)C(N)CNCc1ccc2c(c1)C(=O)N(C1CCC(=O)NC1=O)C2=O. The van der Waals surface area contributed by atoms with Crippen LogP contribution in [-0.2, 0) is 16.1 Å². The first-order valence-corrected chi connectivity index (χ1v) is 9.10. The van der Waals surface area contributed by atoms with E-state index in [9.17, 15) is 19.2 Å². The van der Waals surface area contributed by atoms with Gasteiger partial charge in [-0.1, -0.05) is 19.9 Å². The molecule has 0 saturated carbocycles. The van der Waals surface area contributed by atoms with Gasteiger partial charge in [0.1, 0.15) is 6.04 Å². The lowest BCUT2D eigenvalue weighted by Gasteiger charge is -2.27. The molecule has 1 fully saturated rings. The van der Waals surface area contributed by atoms with E-state index >= 15 is 0 Å². The number of fused-ring (bicyclic) bond motifs is 1. The van der Waals surface area contributed by atoms with Crippen molar-refractivity contribution in [3.05, 3.63) is 34.9 Å². The molecular formula is C19H24N4O4. The number of imide groups is 2. The third kappa shape index (κ3) is 3.77. The van der Waals surface area contributed by atoms with Gasteiger partial charge in [0.05, 0.1) is 11.1 Å². The molecule has 4 amide bonds. The van der Waals surface area contributed by atoms with Crippen molar-refractivity contribution < 1.29 is 19.2 Å². The van der Waals surface area contributed by atoms with Crippen molar-refractivity contribution in [2.24, 2.45) is 11.7 Å². The van der Waals surface area contributed by atoms with E-state index in [-0.39, 0.29) is 35.9 Å². The lowest BCUT2D eigenvalue weighted by molar-refractivity contribution is -0.136. The minimum Gasteiger partial charge on any atom is -0.326 e. The first kappa shape index (κ1) is 19.2. The fourth-order valence-corrected chi connectivity index (χ4v) is 3.25. The Labute approximate surface area is 157 Å². The van der Waals surface area contributed by atoms with Gasteiger partial charge in [0.2, 0.25) is 11.8 Å². The van der Waals surface area contributed by atoms with Crippen molar-refractivity contribution in [3.8, 4) is 0 Å². The molecule has 2 aliphatic heterocycles. The van der Waals surface area contributed by atoms with Gasteiger partial charge < -0.3 is 11.1 Å². The van der Waals surface area contributed by atoms with Gasteiger partial charge in [-0.25, -0.2) is 0 Å². The van der Waals surface area contributed by atoms with E-state index in [0.717, 1.165) is 10.5 Å². The van der Waals surface area contributed by atoms with Gasteiger partial charge in [0.15, 0.2) is 0 Å². The van der Waals surface area contributed by atoms with E-state index in [0.29, 0.717) is 19.0 Å². The molecule has 4 N–H and O–H groups in total. The number of rotatable bonds is 6. The molecule has 2 atom stereocenters. The Morgan fingerprint density at radius 1 is 1.19 bits per heavy atom. The summed E-state index contributed by atoms with van der Waals surface area (Å²) in [6, 6.07) is 4.16. The molecule has 8 heteroatoms. The molecule has 3 rings (SSSR count). The number of carbonyl (C=O) groups excluding carboxylic acids is 4. The van der Waals surface area contributed by atoms with Gasteiger partial charge in [-0.05, 0) is 30.0 Å². The van der Waals surface area contributed by atoms with Crippen LogP contribution < -0.4 is 16.4 Å². The number of hydrogen-bond acceptors (Lipinski definition) is 6. The summed E-state index contributed by atoms with van der Waals surface area (Å²) >= 11 is 0. The highest BCUT2D eigenvalue weighted by molar-refractivity contribution is 6.23. The summed E-state index contributed by atoms with van der Waals surface area (Å²) in [5, 5.41) is 5.44. The molecule has 0 bridgehead atoms. The number of benzene rings is 1. The molecule has 0 radical (unpaired) electrons. The summed E-state index contributed by atoms with van der Waals surface area (Å²) in [4.78, 5) is 49.7. The molecule has 1 aromatic carbocycles. The van der Waals surface area contributed by atoms with Crippen LogP contribution in [0, 0.1) is 5.92 Å². The highest BCUT2D eigenvalue weighted by Gasteiger charge is 2.44. The Balaban J connectivity index is 1.73. The predicted molar refractivity (Wildman–Crippen MR) is 97.6 cm³/mol. The third-order valence-electron chi connectivity index (χ3n) is 5.07. The largest absolute Gasteiger partial charge is 0.326 e. The molecule has 144 valence electrons. The summed E-state index contributed by atoms with van der Waals surface area (Å²) in [6.45, 7) is 5.27. The molecule has 27 heavy (non-hydrogen) atoms. The lowest BCUT2D eigenvalue weighted by atomic mass is 10.0. The zero-order valence-corrected chi connectivity index (χ0v) is 15.5. The van der Waals surface area contributed by atoms with Gasteiger partial charge in [-0.3, -0.25) is 29.4 Å². The monoisotopic (exact) mass is 372 g/mol. The van der Waals surface area contributed by atoms with Gasteiger partial charge in [-0.15, -0.1) is 0 Å². The maximum Gasteiger partial charge on any atom is 0.262 e. The van der Waals surface area contributed by atoms with Crippen molar-refractivity contribution >= 4 is 23.6 Å². The maximum absolute atomic E-state index is 12.8. The second-order valence-corrected chi connectivity index (χ2v) is 7.37. The first-order valence-electron chi connectivity index (χ1n) is 9.10. The molecular weight excluding hydrogens is 348 g/mol. The van der Waals surface area contributed by atoms with E-state index in [1.54, 1.807) is 18.2 Å². The Kier molecular flexibility index (Phi) is 5.38. The topological polar surface area (TPSA) is 122 Å². The summed E-state index contributed by atoms with van der Waals surface area (Å²) in [6.07, 6.45) is 0.257. The maximum atomic E-state index is 12.8. The van der Waals surface area contributed by atoms with E-state index in [4.69, 9.17) is 5.73 Å². The standard InChI is InChI=1S/C19H24N4O4/c1-10(2)14(20)9-21-8-11-3-4-12-13(7-11)19(27)23(18(12)26)15-5-6-16(24)22-17(15)25/h3-4,7,10,14-15,21H,5-6,8-9,20H2,1-2H3,(H,22,24,25). The minimum atomic E-state index is -0.944. The number of carbonyl (C=O) groups is 4. The van der Waals surface area contributed by atoms with Crippen molar-refractivity contribution in [2.75, 3.05) is 6.54 Å². The van der Waals surface area contributed by atoms with Crippen LogP contribution in [0.1, 0.15) is 53.0 Å². The Morgan fingerprint density at radius 3 is 2.56 bits per heavy atom. The summed E-state index contributed by atoms with van der Waals surface area (Å²) in [5.41, 5.74) is 7.44. The van der Waals surface area contributed by atoms with E-state index in [2.05, 4.69) is 24.5 Å². The normalized spacial score (nSPS) is 20.9. The predicted octanol–water partition coefficient (Wildman–Crippen LogP) is 0.161. The summed E-state index contributed by atoms with van der Waals surface area (Å²) in [7, 11) is 0. The van der Waals surface area contributed by atoms with E-state index < -0.39 is 23.8 Å². The number of nitrogens with two attached hydrogens (primary N) is 1. The van der Waals surface area contributed by atoms with Crippen LogP contribution in [0.25, 0.3) is 0 Å². The quantitative estimate of drug-likeness (QED) is 0.612. The molecule has 0 spiro atoms. The van der Waals surface area contributed by atoms with Crippen molar-refractivity contribution in [1.82, 2.24) is 15.5 Å².